The fourth-order valence-electron chi connectivity index (χ4n) is 2.56. The molecular formula is C16H19N3. The maximum Gasteiger partial charge on any atom is 0.0626 e. The van der Waals surface area contributed by atoms with Gasteiger partial charge in [-0.05, 0) is 30.2 Å². The maximum absolute atomic E-state index is 4.51. The van der Waals surface area contributed by atoms with Gasteiger partial charge in [0.25, 0.3) is 0 Å². The molecule has 0 spiro atoms. The van der Waals surface area contributed by atoms with E-state index in [4.69, 9.17) is 0 Å². The molecule has 0 atom stereocenters. The molecule has 2 aromatic rings. The number of benzene rings is 1. The van der Waals surface area contributed by atoms with E-state index in [1.54, 1.807) is 0 Å². The number of aryl methyl sites for hydroxylation is 1. The molecule has 3 heteroatoms. The van der Waals surface area contributed by atoms with Crippen molar-refractivity contribution in [3.8, 4) is 0 Å². The number of para-hydroxylation sites is 1. The highest BCUT2D eigenvalue weighted by atomic mass is 15.2. The topological polar surface area (TPSA) is 28.2 Å². The third-order valence-electron chi connectivity index (χ3n) is 3.66. The zero-order valence-electron chi connectivity index (χ0n) is 11.3. The average molecular weight is 253 g/mol. The van der Waals surface area contributed by atoms with Crippen LogP contribution < -0.4 is 10.2 Å². The molecule has 0 bridgehead atoms. The van der Waals surface area contributed by atoms with Crippen molar-refractivity contribution in [1.29, 1.82) is 0 Å². The average Bonchev–Trinajstić information content (AvgIpc) is 2.64. The molecule has 1 aliphatic rings. The van der Waals surface area contributed by atoms with Gasteiger partial charge in [0.05, 0.1) is 12.2 Å². The van der Waals surface area contributed by atoms with Crippen molar-refractivity contribution in [3.63, 3.8) is 0 Å². The Bertz CT molecular complexity index is 565. The second kappa shape index (κ2) is 5.41. The van der Waals surface area contributed by atoms with Crippen LogP contribution in [0.25, 0.3) is 0 Å². The van der Waals surface area contributed by atoms with E-state index in [0.717, 1.165) is 26.2 Å². The first kappa shape index (κ1) is 12.2. The van der Waals surface area contributed by atoms with Crippen molar-refractivity contribution in [2.45, 2.75) is 20.0 Å². The van der Waals surface area contributed by atoms with E-state index in [9.17, 15) is 0 Å². The maximum atomic E-state index is 4.51. The largest absolute Gasteiger partial charge is 0.364 e. The minimum Gasteiger partial charge on any atom is -0.364 e. The lowest BCUT2D eigenvalue weighted by Gasteiger charge is -2.24. The van der Waals surface area contributed by atoms with Crippen molar-refractivity contribution in [2.75, 3.05) is 18.0 Å². The van der Waals surface area contributed by atoms with Gasteiger partial charge >= 0.3 is 0 Å². The molecule has 1 aliphatic heterocycles. The number of nitrogens with zero attached hydrogens (tertiary/aromatic N) is 2. The summed E-state index contributed by atoms with van der Waals surface area (Å²) in [5, 5.41) is 3.47. The molecule has 0 saturated carbocycles. The summed E-state index contributed by atoms with van der Waals surface area (Å²) >= 11 is 0. The fraction of sp³-hybridized carbons (Fsp3) is 0.312. The smallest absolute Gasteiger partial charge is 0.0626 e. The van der Waals surface area contributed by atoms with Gasteiger partial charge in [-0.2, -0.15) is 0 Å². The van der Waals surface area contributed by atoms with Gasteiger partial charge in [0.2, 0.25) is 0 Å². The molecule has 98 valence electrons. The Morgan fingerprint density at radius 3 is 3.00 bits per heavy atom. The van der Waals surface area contributed by atoms with E-state index in [1.165, 1.54) is 22.5 Å². The van der Waals surface area contributed by atoms with Crippen LogP contribution >= 0.6 is 0 Å². The van der Waals surface area contributed by atoms with Crippen molar-refractivity contribution in [1.82, 2.24) is 10.3 Å². The highest BCUT2D eigenvalue weighted by Gasteiger charge is 2.15. The highest BCUT2D eigenvalue weighted by molar-refractivity contribution is 5.54. The zero-order valence-corrected chi connectivity index (χ0v) is 11.3. The van der Waals surface area contributed by atoms with Crippen molar-refractivity contribution < 1.29 is 0 Å². The summed E-state index contributed by atoms with van der Waals surface area (Å²) in [4.78, 5) is 6.94. The summed E-state index contributed by atoms with van der Waals surface area (Å²) in [5.74, 6) is 0. The first-order chi connectivity index (χ1) is 9.34. The monoisotopic (exact) mass is 253 g/mol. The predicted molar refractivity (Wildman–Crippen MR) is 78.2 cm³/mol. The summed E-state index contributed by atoms with van der Waals surface area (Å²) in [7, 11) is 0. The van der Waals surface area contributed by atoms with Crippen LogP contribution in [0.1, 0.15) is 16.8 Å². The van der Waals surface area contributed by atoms with E-state index in [-0.39, 0.29) is 0 Å². The lowest BCUT2D eigenvalue weighted by Crippen LogP contribution is -2.28. The van der Waals surface area contributed by atoms with Gasteiger partial charge in [-0.15, -0.1) is 0 Å². The Kier molecular flexibility index (Phi) is 3.47. The SMILES string of the molecule is Cc1cccnc1CN1CCNCc2ccccc21. The molecule has 3 rings (SSSR count). The van der Waals surface area contributed by atoms with Crippen LogP contribution in [-0.2, 0) is 13.1 Å². The predicted octanol–water partition coefficient (Wildman–Crippen LogP) is 2.50. The first-order valence-corrected chi connectivity index (χ1v) is 6.78. The van der Waals surface area contributed by atoms with Gasteiger partial charge in [0, 0.05) is 31.5 Å². The first-order valence-electron chi connectivity index (χ1n) is 6.78. The second-order valence-corrected chi connectivity index (χ2v) is 4.99. The van der Waals surface area contributed by atoms with Crippen molar-refractivity contribution in [2.24, 2.45) is 0 Å². The molecule has 19 heavy (non-hydrogen) atoms. The van der Waals surface area contributed by atoms with E-state index < -0.39 is 0 Å². The Morgan fingerprint density at radius 1 is 1.21 bits per heavy atom. The number of rotatable bonds is 2. The standard InChI is InChI=1S/C16H19N3/c1-13-5-4-8-18-15(13)12-19-10-9-17-11-14-6-2-3-7-16(14)19/h2-8,17H,9-12H2,1H3. The number of hydrogen-bond donors (Lipinski definition) is 1. The number of nitrogens with one attached hydrogen (secondary N) is 1. The lowest BCUT2D eigenvalue weighted by molar-refractivity contribution is 0.684. The molecule has 1 N–H and O–H groups in total. The Balaban J connectivity index is 1.91. The van der Waals surface area contributed by atoms with Crippen LogP contribution in [0, 0.1) is 6.92 Å². The molecule has 1 aromatic carbocycles. The Hall–Kier alpha value is -1.87. The van der Waals surface area contributed by atoms with Crippen LogP contribution in [0.15, 0.2) is 42.6 Å². The molecule has 3 nitrogen and oxygen atoms in total. The van der Waals surface area contributed by atoms with Gasteiger partial charge in [0.1, 0.15) is 0 Å². The van der Waals surface area contributed by atoms with E-state index in [1.807, 2.05) is 12.3 Å². The summed E-state index contributed by atoms with van der Waals surface area (Å²) in [6.45, 7) is 6.00. The van der Waals surface area contributed by atoms with Crippen LogP contribution in [0.3, 0.4) is 0 Å². The minimum atomic E-state index is 0.880. The number of fused-ring (bicyclic) bond motifs is 1. The second-order valence-electron chi connectivity index (χ2n) is 4.99. The van der Waals surface area contributed by atoms with Crippen molar-refractivity contribution >= 4 is 5.69 Å². The zero-order chi connectivity index (χ0) is 13.1. The summed E-state index contributed by atoms with van der Waals surface area (Å²) in [5.41, 5.74) is 5.13. The van der Waals surface area contributed by atoms with Gasteiger partial charge in [-0.3, -0.25) is 4.98 Å². The third kappa shape index (κ3) is 2.61. The molecule has 0 aliphatic carbocycles. The fourth-order valence-corrected chi connectivity index (χ4v) is 2.56. The van der Waals surface area contributed by atoms with E-state index in [0.29, 0.717) is 0 Å². The molecular weight excluding hydrogens is 234 g/mol. The highest BCUT2D eigenvalue weighted by Crippen LogP contribution is 2.23. The normalized spacial score (nSPS) is 14.9. The minimum absolute atomic E-state index is 0.880. The third-order valence-corrected chi connectivity index (χ3v) is 3.66. The number of anilines is 1. The lowest BCUT2D eigenvalue weighted by atomic mass is 10.1. The van der Waals surface area contributed by atoms with Crippen LogP contribution in [0.5, 0.6) is 0 Å². The number of hydrogen-bond acceptors (Lipinski definition) is 3. The summed E-state index contributed by atoms with van der Waals surface area (Å²) in [6, 6.07) is 12.8. The van der Waals surface area contributed by atoms with E-state index in [2.05, 4.69) is 52.5 Å². The molecule has 0 saturated heterocycles. The quantitative estimate of drug-likeness (QED) is 0.891. The van der Waals surface area contributed by atoms with Gasteiger partial charge < -0.3 is 10.2 Å². The molecule has 2 heterocycles. The molecule has 1 aromatic heterocycles. The van der Waals surface area contributed by atoms with Gasteiger partial charge in [-0.25, -0.2) is 0 Å². The summed E-state index contributed by atoms with van der Waals surface area (Å²) in [6.07, 6.45) is 1.88. The van der Waals surface area contributed by atoms with Crippen LogP contribution in [-0.4, -0.2) is 18.1 Å². The number of pyridine rings is 1. The number of aromatic nitrogens is 1. The molecule has 0 fully saturated rings. The van der Waals surface area contributed by atoms with Crippen molar-refractivity contribution in [3.05, 3.63) is 59.4 Å². The molecule has 0 amide bonds. The van der Waals surface area contributed by atoms with Gasteiger partial charge in [-0.1, -0.05) is 24.3 Å². The summed E-state index contributed by atoms with van der Waals surface area (Å²) < 4.78 is 0. The molecule has 0 radical (unpaired) electrons. The van der Waals surface area contributed by atoms with E-state index >= 15 is 0 Å². The Morgan fingerprint density at radius 2 is 2.11 bits per heavy atom. The van der Waals surface area contributed by atoms with Crippen LogP contribution in [0.2, 0.25) is 0 Å². The van der Waals surface area contributed by atoms with Gasteiger partial charge in [0.15, 0.2) is 0 Å². The Labute approximate surface area is 114 Å². The molecule has 0 unspecified atom stereocenters. The van der Waals surface area contributed by atoms with Crippen LogP contribution in [0.4, 0.5) is 5.69 Å².